The minimum Gasteiger partial charge on any atom is -0.504 e. The Hall–Kier alpha value is -2.62. The zero-order valence-corrected chi connectivity index (χ0v) is 12.0. The summed E-state index contributed by atoms with van der Waals surface area (Å²) in [7, 11) is 1.53. The number of fused-ring (bicyclic) bond motifs is 1. The van der Waals surface area contributed by atoms with Gasteiger partial charge < -0.3 is 19.6 Å². The van der Waals surface area contributed by atoms with Gasteiger partial charge in [0, 0.05) is 17.1 Å². The van der Waals surface area contributed by atoms with E-state index in [1.807, 2.05) is 43.3 Å². The summed E-state index contributed by atoms with van der Waals surface area (Å²) in [6.45, 7) is 2.01. The molecule has 108 valence electrons. The standard InChI is InChI=1S/C17H17NO3/c1-11(17-9-12-5-3-4-6-15(12)21-17)18-13-7-8-16(20-2)14(19)10-13/h3-11,18-19H,1-2H3. The van der Waals surface area contributed by atoms with Gasteiger partial charge in [0.15, 0.2) is 11.5 Å². The van der Waals surface area contributed by atoms with Crippen molar-refractivity contribution in [1.82, 2.24) is 0 Å². The first kappa shape index (κ1) is 13.4. The Labute approximate surface area is 123 Å². The summed E-state index contributed by atoms with van der Waals surface area (Å²) in [6.07, 6.45) is 0. The summed E-state index contributed by atoms with van der Waals surface area (Å²) in [5.41, 5.74) is 1.68. The van der Waals surface area contributed by atoms with E-state index in [4.69, 9.17) is 9.15 Å². The highest BCUT2D eigenvalue weighted by molar-refractivity contribution is 5.77. The van der Waals surface area contributed by atoms with Crippen LogP contribution in [0.25, 0.3) is 11.0 Å². The van der Waals surface area contributed by atoms with Gasteiger partial charge >= 0.3 is 0 Å². The fraction of sp³-hybridized carbons (Fsp3) is 0.176. The van der Waals surface area contributed by atoms with Crippen LogP contribution in [0, 0.1) is 0 Å². The number of rotatable bonds is 4. The molecule has 0 aliphatic rings. The highest BCUT2D eigenvalue weighted by Crippen LogP contribution is 2.31. The Morgan fingerprint density at radius 2 is 1.95 bits per heavy atom. The van der Waals surface area contributed by atoms with E-state index in [9.17, 15) is 5.11 Å². The van der Waals surface area contributed by atoms with Gasteiger partial charge in [-0.15, -0.1) is 0 Å². The first-order valence-corrected chi connectivity index (χ1v) is 6.79. The number of ether oxygens (including phenoxy) is 1. The fourth-order valence-corrected chi connectivity index (χ4v) is 2.32. The Kier molecular flexibility index (Phi) is 3.44. The zero-order chi connectivity index (χ0) is 14.8. The molecule has 0 fully saturated rings. The van der Waals surface area contributed by atoms with Gasteiger partial charge in [0.1, 0.15) is 11.3 Å². The number of aromatic hydroxyl groups is 1. The lowest BCUT2D eigenvalue weighted by atomic mass is 10.2. The van der Waals surface area contributed by atoms with Gasteiger partial charge in [-0.2, -0.15) is 0 Å². The summed E-state index contributed by atoms with van der Waals surface area (Å²) in [5.74, 6) is 1.42. The third kappa shape index (κ3) is 2.65. The van der Waals surface area contributed by atoms with E-state index in [2.05, 4.69) is 5.32 Å². The molecule has 2 N–H and O–H groups in total. The third-order valence-corrected chi connectivity index (χ3v) is 3.43. The number of para-hydroxylation sites is 1. The summed E-state index contributed by atoms with van der Waals surface area (Å²) >= 11 is 0. The third-order valence-electron chi connectivity index (χ3n) is 3.43. The number of anilines is 1. The van der Waals surface area contributed by atoms with Gasteiger partial charge in [0.25, 0.3) is 0 Å². The first-order valence-electron chi connectivity index (χ1n) is 6.79. The molecule has 0 radical (unpaired) electrons. The van der Waals surface area contributed by atoms with Gasteiger partial charge in [-0.25, -0.2) is 0 Å². The molecule has 0 aliphatic carbocycles. The molecule has 2 aromatic carbocycles. The number of phenols is 1. The van der Waals surface area contributed by atoms with Crippen molar-refractivity contribution in [3.8, 4) is 11.5 Å². The van der Waals surface area contributed by atoms with Crippen LogP contribution in [0.3, 0.4) is 0 Å². The molecule has 3 aromatic rings. The van der Waals surface area contributed by atoms with E-state index in [-0.39, 0.29) is 11.8 Å². The van der Waals surface area contributed by atoms with Gasteiger partial charge in [0.2, 0.25) is 0 Å². The Morgan fingerprint density at radius 3 is 2.67 bits per heavy atom. The Morgan fingerprint density at radius 1 is 1.14 bits per heavy atom. The van der Waals surface area contributed by atoms with Gasteiger partial charge in [-0.05, 0) is 31.2 Å². The maximum absolute atomic E-state index is 9.80. The minimum absolute atomic E-state index is 0.00908. The van der Waals surface area contributed by atoms with Crippen molar-refractivity contribution in [3.63, 3.8) is 0 Å². The smallest absolute Gasteiger partial charge is 0.160 e. The minimum atomic E-state index is -0.00908. The molecule has 0 aliphatic heterocycles. The molecule has 1 heterocycles. The largest absolute Gasteiger partial charge is 0.504 e. The zero-order valence-electron chi connectivity index (χ0n) is 12.0. The van der Waals surface area contributed by atoms with Crippen LogP contribution in [-0.2, 0) is 0 Å². The quantitative estimate of drug-likeness (QED) is 0.748. The molecule has 0 spiro atoms. The van der Waals surface area contributed by atoms with Crippen LogP contribution < -0.4 is 10.1 Å². The molecular formula is C17H17NO3. The second-order valence-electron chi connectivity index (χ2n) is 4.94. The number of hydrogen-bond donors (Lipinski definition) is 2. The molecule has 4 nitrogen and oxygen atoms in total. The van der Waals surface area contributed by atoms with Crippen molar-refractivity contribution >= 4 is 16.7 Å². The van der Waals surface area contributed by atoms with Crippen LogP contribution >= 0.6 is 0 Å². The molecule has 21 heavy (non-hydrogen) atoms. The summed E-state index contributed by atoms with van der Waals surface area (Å²) < 4.78 is 10.9. The van der Waals surface area contributed by atoms with Crippen molar-refractivity contribution in [2.24, 2.45) is 0 Å². The number of furan rings is 1. The second-order valence-corrected chi connectivity index (χ2v) is 4.94. The molecule has 4 heteroatoms. The number of nitrogens with one attached hydrogen (secondary N) is 1. The second kappa shape index (κ2) is 5.40. The maximum atomic E-state index is 9.80. The molecular weight excluding hydrogens is 266 g/mol. The molecule has 0 amide bonds. The Balaban J connectivity index is 1.82. The van der Waals surface area contributed by atoms with Crippen molar-refractivity contribution in [2.75, 3.05) is 12.4 Å². The first-order chi connectivity index (χ1) is 10.2. The molecule has 0 saturated carbocycles. The topological polar surface area (TPSA) is 54.6 Å². The van der Waals surface area contributed by atoms with E-state index < -0.39 is 0 Å². The van der Waals surface area contributed by atoms with Crippen LogP contribution in [0.5, 0.6) is 11.5 Å². The van der Waals surface area contributed by atoms with Crippen molar-refractivity contribution in [1.29, 1.82) is 0 Å². The average Bonchev–Trinajstić information content (AvgIpc) is 2.91. The normalized spacial score (nSPS) is 12.3. The van der Waals surface area contributed by atoms with Crippen LogP contribution in [0.15, 0.2) is 52.9 Å². The van der Waals surface area contributed by atoms with Crippen molar-refractivity contribution in [2.45, 2.75) is 13.0 Å². The van der Waals surface area contributed by atoms with Crippen LogP contribution in [-0.4, -0.2) is 12.2 Å². The van der Waals surface area contributed by atoms with Crippen molar-refractivity contribution in [3.05, 3.63) is 54.3 Å². The number of hydrogen-bond acceptors (Lipinski definition) is 4. The predicted molar refractivity (Wildman–Crippen MR) is 82.9 cm³/mol. The van der Waals surface area contributed by atoms with Gasteiger partial charge in [-0.3, -0.25) is 0 Å². The lowest BCUT2D eigenvalue weighted by Crippen LogP contribution is -2.05. The van der Waals surface area contributed by atoms with Crippen LogP contribution in [0.2, 0.25) is 0 Å². The SMILES string of the molecule is COc1ccc(NC(C)c2cc3ccccc3o2)cc1O. The lowest BCUT2D eigenvalue weighted by molar-refractivity contribution is 0.373. The molecule has 1 atom stereocenters. The molecule has 0 saturated heterocycles. The van der Waals surface area contributed by atoms with E-state index >= 15 is 0 Å². The van der Waals surface area contributed by atoms with Gasteiger partial charge in [-0.1, -0.05) is 18.2 Å². The van der Waals surface area contributed by atoms with E-state index in [1.165, 1.54) is 7.11 Å². The average molecular weight is 283 g/mol. The number of methoxy groups -OCH3 is 1. The van der Waals surface area contributed by atoms with E-state index in [0.29, 0.717) is 5.75 Å². The van der Waals surface area contributed by atoms with Gasteiger partial charge in [0.05, 0.1) is 13.2 Å². The molecule has 0 bridgehead atoms. The van der Waals surface area contributed by atoms with E-state index in [0.717, 1.165) is 22.4 Å². The summed E-state index contributed by atoms with van der Waals surface area (Å²) in [5, 5.41) is 14.2. The van der Waals surface area contributed by atoms with E-state index in [1.54, 1.807) is 12.1 Å². The summed E-state index contributed by atoms with van der Waals surface area (Å²) in [6, 6.07) is 15.1. The maximum Gasteiger partial charge on any atom is 0.160 e. The van der Waals surface area contributed by atoms with Crippen molar-refractivity contribution < 1.29 is 14.3 Å². The molecule has 1 unspecified atom stereocenters. The monoisotopic (exact) mass is 283 g/mol. The summed E-state index contributed by atoms with van der Waals surface area (Å²) in [4.78, 5) is 0. The highest BCUT2D eigenvalue weighted by Gasteiger charge is 2.12. The predicted octanol–water partition coefficient (Wildman–Crippen LogP) is 4.32. The highest BCUT2D eigenvalue weighted by atomic mass is 16.5. The van der Waals surface area contributed by atoms with Crippen LogP contribution in [0.4, 0.5) is 5.69 Å². The fourth-order valence-electron chi connectivity index (χ4n) is 2.32. The lowest BCUT2D eigenvalue weighted by Gasteiger charge is -2.14. The Bertz CT molecular complexity index is 731. The molecule has 1 aromatic heterocycles. The molecule has 3 rings (SSSR count). The number of phenolic OH excluding ortho intramolecular Hbond substituents is 1. The van der Waals surface area contributed by atoms with Crippen LogP contribution in [0.1, 0.15) is 18.7 Å². The number of benzene rings is 2.